The van der Waals surface area contributed by atoms with Gasteiger partial charge in [-0.1, -0.05) is 24.0 Å². The normalized spacial score (nSPS) is 13.9. The van der Waals surface area contributed by atoms with Gasteiger partial charge in [0.05, 0.1) is 32.0 Å². The summed E-state index contributed by atoms with van der Waals surface area (Å²) in [5, 5.41) is 5.86. The Bertz CT molecular complexity index is 1210. The van der Waals surface area contributed by atoms with Crippen LogP contribution >= 0.6 is 0 Å². The first-order valence-corrected chi connectivity index (χ1v) is 12.9. The fraction of sp³-hybridized carbons (Fsp3) is 0.387. The van der Waals surface area contributed by atoms with E-state index >= 15 is 0 Å². The van der Waals surface area contributed by atoms with Crippen molar-refractivity contribution in [3.8, 4) is 23.7 Å². The fourth-order valence-corrected chi connectivity index (χ4v) is 3.48. The van der Waals surface area contributed by atoms with Crippen molar-refractivity contribution in [2.45, 2.75) is 45.4 Å². The molecule has 0 aromatic heterocycles. The number of ether oxygens (including phenoxy) is 2. The fourth-order valence-electron chi connectivity index (χ4n) is 3.48. The Morgan fingerprint density at radius 2 is 1.52 bits per heavy atom. The van der Waals surface area contributed by atoms with E-state index < -0.39 is 29.6 Å². The Kier molecular flexibility index (Phi) is 13.6. The first kappa shape index (κ1) is 32.2. The van der Waals surface area contributed by atoms with E-state index in [9.17, 15) is 14.4 Å². The minimum Gasteiger partial charge on any atom is -0.379 e. The molecule has 3 rings (SSSR count). The van der Waals surface area contributed by atoms with Crippen molar-refractivity contribution in [2.75, 3.05) is 33.4 Å². The van der Waals surface area contributed by atoms with Crippen molar-refractivity contribution in [1.82, 2.24) is 16.1 Å². The van der Waals surface area contributed by atoms with E-state index in [0.29, 0.717) is 16.7 Å². The zero-order valence-corrected chi connectivity index (χ0v) is 23.6. The molecule has 3 N–H and O–H groups in total. The highest BCUT2D eigenvalue weighted by Crippen LogP contribution is 2.14. The number of rotatable bonds is 7. The van der Waals surface area contributed by atoms with Crippen LogP contribution < -0.4 is 16.1 Å². The lowest BCUT2D eigenvalue weighted by Gasteiger charge is -2.30. The number of nitrogens with one attached hydrogen (secondary N) is 3. The average molecular weight is 548 g/mol. The molecule has 1 aliphatic rings. The number of hydrogen-bond acceptors (Lipinski definition) is 7. The Morgan fingerprint density at radius 3 is 1.95 bits per heavy atom. The highest BCUT2D eigenvalue weighted by Gasteiger charge is 2.31. The second-order valence-corrected chi connectivity index (χ2v) is 9.74. The van der Waals surface area contributed by atoms with Gasteiger partial charge in [-0.2, -0.15) is 0 Å². The predicted octanol–water partition coefficient (Wildman–Crippen LogP) is 2.49. The van der Waals surface area contributed by atoms with Gasteiger partial charge in [0.2, 0.25) is 0 Å². The standard InChI is InChI=1S/C27H28N2O5.C4H9NO/c1-19(34-27(2,3)4)24(26(32)29-33-5)28-25(31)23-16-14-21(15-17-23)9-7-6-8-20-10-12-22(18-30)13-11-20;1-3-6-4-2-5-1/h10-19,24H,1-5H3,(H,28,31)(H,29,32);5H,1-4H2/t19-,24+;/m1./s1. The zero-order valence-electron chi connectivity index (χ0n) is 23.6. The van der Waals surface area contributed by atoms with Gasteiger partial charge in [0, 0.05) is 35.3 Å². The third kappa shape index (κ3) is 12.2. The van der Waals surface area contributed by atoms with Crippen LogP contribution in [0.5, 0.6) is 0 Å². The summed E-state index contributed by atoms with van der Waals surface area (Å²) in [4.78, 5) is 40.5. The van der Waals surface area contributed by atoms with Gasteiger partial charge in [0.25, 0.3) is 11.8 Å². The molecular weight excluding hydrogens is 510 g/mol. The summed E-state index contributed by atoms with van der Waals surface area (Å²) in [6.45, 7) is 11.1. The summed E-state index contributed by atoms with van der Waals surface area (Å²) in [7, 11) is 1.32. The largest absolute Gasteiger partial charge is 0.379 e. The lowest BCUT2D eigenvalue weighted by molar-refractivity contribution is -0.140. The molecule has 9 nitrogen and oxygen atoms in total. The van der Waals surface area contributed by atoms with Crippen molar-refractivity contribution in [2.24, 2.45) is 0 Å². The molecule has 9 heteroatoms. The molecule has 1 aliphatic heterocycles. The molecule has 2 atom stereocenters. The van der Waals surface area contributed by atoms with Crippen LogP contribution in [0.4, 0.5) is 0 Å². The summed E-state index contributed by atoms with van der Waals surface area (Å²) >= 11 is 0. The van der Waals surface area contributed by atoms with Crippen molar-refractivity contribution in [3.63, 3.8) is 0 Å². The Balaban J connectivity index is 0.000000821. The van der Waals surface area contributed by atoms with Crippen LogP contribution in [-0.4, -0.2) is 69.3 Å². The van der Waals surface area contributed by atoms with Crippen LogP contribution in [0.3, 0.4) is 0 Å². The molecule has 2 amide bonds. The second-order valence-electron chi connectivity index (χ2n) is 9.74. The van der Waals surface area contributed by atoms with Gasteiger partial charge in [-0.15, -0.1) is 0 Å². The summed E-state index contributed by atoms with van der Waals surface area (Å²) in [6, 6.07) is 12.5. The SMILES string of the molecule is C1COCCN1.CONC(=O)[C@@H](NC(=O)c1ccc(C#CC#Cc2ccc(C=O)cc2)cc1)[C@@H](C)OC(C)(C)C. The predicted molar refractivity (Wildman–Crippen MR) is 152 cm³/mol. The molecule has 2 aromatic rings. The number of morpholine rings is 1. The summed E-state index contributed by atoms with van der Waals surface area (Å²) in [5.74, 6) is 10.4. The van der Waals surface area contributed by atoms with Crippen molar-refractivity contribution in [3.05, 3.63) is 70.8 Å². The van der Waals surface area contributed by atoms with Gasteiger partial charge in [-0.05, 0) is 75.9 Å². The summed E-state index contributed by atoms with van der Waals surface area (Å²) in [5.41, 5.74) is 4.13. The average Bonchev–Trinajstić information content (AvgIpc) is 2.95. The van der Waals surface area contributed by atoms with Crippen LogP contribution in [0.1, 0.15) is 59.5 Å². The highest BCUT2D eigenvalue weighted by atomic mass is 16.6. The molecule has 1 saturated heterocycles. The van der Waals surface area contributed by atoms with Crippen LogP contribution in [0.2, 0.25) is 0 Å². The number of benzene rings is 2. The van der Waals surface area contributed by atoms with E-state index in [2.05, 4.69) is 39.8 Å². The molecule has 40 heavy (non-hydrogen) atoms. The maximum Gasteiger partial charge on any atom is 0.268 e. The smallest absolute Gasteiger partial charge is 0.268 e. The molecule has 0 radical (unpaired) electrons. The molecule has 2 aromatic carbocycles. The maximum absolute atomic E-state index is 12.7. The lowest BCUT2D eigenvalue weighted by Crippen LogP contribution is -2.54. The quantitative estimate of drug-likeness (QED) is 0.277. The van der Waals surface area contributed by atoms with Crippen LogP contribution in [0.15, 0.2) is 48.5 Å². The minimum absolute atomic E-state index is 0.366. The Labute approximate surface area is 236 Å². The monoisotopic (exact) mass is 547 g/mol. The van der Waals surface area contributed by atoms with Crippen molar-refractivity contribution < 1.29 is 28.7 Å². The summed E-state index contributed by atoms with van der Waals surface area (Å²) in [6.07, 6.45) is 0.174. The number of aldehydes is 1. The van der Waals surface area contributed by atoms with Crippen molar-refractivity contribution >= 4 is 18.1 Å². The van der Waals surface area contributed by atoms with Crippen LogP contribution in [0.25, 0.3) is 0 Å². The van der Waals surface area contributed by atoms with Gasteiger partial charge in [-0.3, -0.25) is 19.2 Å². The molecular formula is C31H37N3O6. The number of hydroxylamine groups is 1. The molecule has 0 spiro atoms. The van der Waals surface area contributed by atoms with E-state index in [0.717, 1.165) is 38.2 Å². The third-order valence-corrected chi connectivity index (χ3v) is 5.30. The Hall–Kier alpha value is -3.99. The van der Waals surface area contributed by atoms with Gasteiger partial charge in [0.1, 0.15) is 12.3 Å². The third-order valence-electron chi connectivity index (χ3n) is 5.30. The maximum atomic E-state index is 12.7. The Morgan fingerprint density at radius 1 is 0.975 bits per heavy atom. The molecule has 0 bridgehead atoms. The summed E-state index contributed by atoms with van der Waals surface area (Å²) < 4.78 is 10.9. The lowest BCUT2D eigenvalue weighted by atomic mass is 10.1. The van der Waals surface area contributed by atoms with E-state index in [-0.39, 0.29) is 0 Å². The second kappa shape index (κ2) is 16.9. The zero-order chi connectivity index (χ0) is 29.4. The van der Waals surface area contributed by atoms with E-state index in [1.807, 2.05) is 20.8 Å². The molecule has 212 valence electrons. The molecule has 0 aliphatic carbocycles. The van der Waals surface area contributed by atoms with Gasteiger partial charge >= 0.3 is 0 Å². The molecule has 1 heterocycles. The first-order valence-electron chi connectivity index (χ1n) is 12.9. The minimum atomic E-state index is -0.956. The van der Waals surface area contributed by atoms with E-state index in [1.54, 1.807) is 55.5 Å². The van der Waals surface area contributed by atoms with Crippen molar-refractivity contribution in [1.29, 1.82) is 0 Å². The van der Waals surface area contributed by atoms with Gasteiger partial charge in [-0.25, -0.2) is 5.48 Å². The first-order chi connectivity index (χ1) is 19.1. The number of carbonyl (C=O) groups excluding carboxylic acids is 3. The molecule has 0 unspecified atom stereocenters. The van der Waals surface area contributed by atoms with Gasteiger partial charge < -0.3 is 20.1 Å². The number of hydrogen-bond donors (Lipinski definition) is 3. The van der Waals surface area contributed by atoms with E-state index in [4.69, 9.17) is 14.3 Å². The van der Waals surface area contributed by atoms with Gasteiger partial charge in [0.15, 0.2) is 0 Å². The molecule has 1 fully saturated rings. The van der Waals surface area contributed by atoms with Crippen LogP contribution in [-0.2, 0) is 19.1 Å². The highest BCUT2D eigenvalue weighted by molar-refractivity contribution is 5.97. The number of amides is 2. The topological polar surface area (TPSA) is 115 Å². The number of carbonyl (C=O) groups is 3. The van der Waals surface area contributed by atoms with E-state index in [1.165, 1.54) is 7.11 Å². The molecule has 0 saturated carbocycles. The van der Waals surface area contributed by atoms with Crippen LogP contribution in [0, 0.1) is 23.7 Å².